The summed E-state index contributed by atoms with van der Waals surface area (Å²) >= 11 is 1.33. The van der Waals surface area contributed by atoms with Gasteiger partial charge in [0, 0.05) is 24.2 Å². The Labute approximate surface area is 167 Å². The van der Waals surface area contributed by atoms with Gasteiger partial charge in [-0.3, -0.25) is 10.4 Å². The fraction of sp³-hybridized carbons (Fsp3) is 0.316. The van der Waals surface area contributed by atoms with E-state index in [1.54, 1.807) is 12.3 Å². The van der Waals surface area contributed by atoms with Gasteiger partial charge in [0.2, 0.25) is 5.04 Å². The quantitative estimate of drug-likeness (QED) is 0.384. The SMILES string of the molecule is N=C/C(=C\N)Nc1cnc2ccc(N=C(N)SC(=[NH2+])C3CCCCC3)nc2c1. The molecule has 0 aromatic carbocycles. The van der Waals surface area contributed by atoms with E-state index in [-0.39, 0.29) is 0 Å². The summed E-state index contributed by atoms with van der Waals surface area (Å²) in [4.78, 5) is 13.3. The van der Waals surface area contributed by atoms with Crippen LogP contribution in [0.2, 0.25) is 0 Å². The van der Waals surface area contributed by atoms with Crippen LogP contribution in [0.1, 0.15) is 32.1 Å². The molecule has 28 heavy (non-hydrogen) atoms. The minimum Gasteiger partial charge on any atom is -0.403 e. The van der Waals surface area contributed by atoms with Gasteiger partial charge >= 0.3 is 0 Å². The molecule has 1 aliphatic rings. The lowest BCUT2D eigenvalue weighted by Gasteiger charge is -2.18. The topological polar surface area (TPSA) is 152 Å². The first kappa shape index (κ1) is 19.8. The second-order valence-corrected chi connectivity index (χ2v) is 7.71. The number of allylic oxidation sites excluding steroid dienone is 1. The van der Waals surface area contributed by atoms with Gasteiger partial charge in [0.25, 0.3) is 0 Å². The highest BCUT2D eigenvalue weighted by atomic mass is 32.2. The number of nitrogens with zero attached hydrogens (tertiary/aromatic N) is 3. The number of nitrogens with two attached hydrogens (primary N) is 3. The fourth-order valence-electron chi connectivity index (χ4n) is 3.15. The van der Waals surface area contributed by atoms with Crippen molar-refractivity contribution in [3.8, 4) is 0 Å². The van der Waals surface area contributed by atoms with E-state index in [1.165, 1.54) is 37.2 Å². The number of fused-ring (bicyclic) bond motifs is 1. The maximum Gasteiger partial charge on any atom is 0.218 e. The van der Waals surface area contributed by atoms with Crippen LogP contribution >= 0.6 is 11.8 Å². The van der Waals surface area contributed by atoms with Gasteiger partial charge < -0.3 is 22.2 Å². The van der Waals surface area contributed by atoms with Crippen LogP contribution in [0.25, 0.3) is 11.0 Å². The van der Waals surface area contributed by atoms with Gasteiger partial charge in [-0.1, -0.05) is 19.3 Å². The number of aromatic nitrogens is 2. The summed E-state index contributed by atoms with van der Waals surface area (Å²) < 4.78 is 0. The molecule has 2 aromatic heterocycles. The molecule has 1 fully saturated rings. The van der Waals surface area contributed by atoms with Crippen LogP contribution < -0.4 is 22.2 Å². The molecule has 2 heterocycles. The van der Waals surface area contributed by atoms with E-state index in [9.17, 15) is 0 Å². The zero-order chi connectivity index (χ0) is 19.9. The lowest BCUT2D eigenvalue weighted by atomic mass is 9.90. The Morgan fingerprint density at radius 3 is 2.79 bits per heavy atom. The molecule has 0 radical (unpaired) electrons. The van der Waals surface area contributed by atoms with Gasteiger partial charge in [0.05, 0.1) is 34.5 Å². The number of pyridine rings is 2. The Morgan fingerprint density at radius 1 is 1.29 bits per heavy atom. The molecule has 0 saturated heterocycles. The first-order valence-electron chi connectivity index (χ1n) is 9.19. The first-order valence-corrected chi connectivity index (χ1v) is 10.0. The number of anilines is 1. The van der Waals surface area contributed by atoms with E-state index in [2.05, 4.69) is 20.3 Å². The highest BCUT2D eigenvalue weighted by molar-refractivity contribution is 8.26. The number of rotatable bonds is 5. The van der Waals surface area contributed by atoms with Crippen LogP contribution in [0.15, 0.2) is 41.3 Å². The van der Waals surface area contributed by atoms with Crippen LogP contribution in [0.5, 0.6) is 0 Å². The van der Waals surface area contributed by atoms with E-state index >= 15 is 0 Å². The smallest absolute Gasteiger partial charge is 0.218 e. The molecule has 1 saturated carbocycles. The van der Waals surface area contributed by atoms with Crippen LogP contribution in [0.4, 0.5) is 11.5 Å². The summed E-state index contributed by atoms with van der Waals surface area (Å²) in [5, 5.41) is 17.7. The monoisotopic (exact) mass is 397 g/mol. The molecule has 0 unspecified atom stereocenters. The summed E-state index contributed by atoms with van der Waals surface area (Å²) in [6.45, 7) is 0. The van der Waals surface area contributed by atoms with Crippen LogP contribution in [-0.4, -0.2) is 26.4 Å². The number of thioether (sulfide) groups is 1. The lowest BCUT2D eigenvalue weighted by molar-refractivity contribution is -0.115. The molecule has 0 bridgehead atoms. The lowest BCUT2D eigenvalue weighted by Crippen LogP contribution is -2.44. The van der Waals surface area contributed by atoms with Crippen LogP contribution in [0.3, 0.4) is 0 Å². The van der Waals surface area contributed by atoms with Crippen molar-refractivity contribution in [1.82, 2.24) is 9.97 Å². The summed E-state index contributed by atoms with van der Waals surface area (Å²) in [5.74, 6) is 0.906. The molecule has 0 aliphatic heterocycles. The Balaban J connectivity index is 1.75. The van der Waals surface area contributed by atoms with E-state index in [0.29, 0.717) is 33.8 Å². The molecular formula is C19H25N8S+. The number of hydrogen-bond acceptors (Lipinski definition) is 7. The van der Waals surface area contributed by atoms with Gasteiger partial charge in [0.1, 0.15) is 0 Å². The van der Waals surface area contributed by atoms with Gasteiger partial charge in [-0.2, -0.15) is 0 Å². The molecular weight excluding hydrogens is 372 g/mol. The van der Waals surface area contributed by atoms with E-state index in [1.807, 2.05) is 12.1 Å². The number of amidine groups is 1. The molecule has 1 aliphatic carbocycles. The molecule has 9 heteroatoms. The normalized spacial score (nSPS) is 16.1. The van der Waals surface area contributed by atoms with E-state index in [4.69, 9.17) is 22.3 Å². The predicted octanol–water partition coefficient (Wildman–Crippen LogP) is 1.91. The highest BCUT2D eigenvalue weighted by Crippen LogP contribution is 2.27. The standard InChI is InChI=1S/C19H24N8S/c20-9-14(10-21)25-13-8-16-15(24-11-13)6-7-17(26-16)27-19(23)28-18(22)12-4-2-1-3-5-12/h6-12,20,22,25H,1-5,21H2,(H2,23,26,27)/p+1/b14-10+,20-9?,22-18?. The Morgan fingerprint density at radius 2 is 2.07 bits per heavy atom. The minimum absolute atomic E-state index is 0.384. The average Bonchev–Trinajstić information content (AvgIpc) is 2.72. The molecule has 8 N–H and O–H groups in total. The zero-order valence-corrected chi connectivity index (χ0v) is 16.4. The molecule has 0 atom stereocenters. The van der Waals surface area contributed by atoms with Crippen molar-refractivity contribution in [2.75, 3.05) is 5.32 Å². The maximum atomic E-state index is 7.30. The molecule has 146 valence electrons. The Hall–Kier alpha value is -2.94. The van der Waals surface area contributed by atoms with Crippen LogP contribution in [0, 0.1) is 11.3 Å². The molecule has 8 nitrogen and oxygen atoms in total. The average molecular weight is 398 g/mol. The highest BCUT2D eigenvalue weighted by Gasteiger charge is 2.23. The summed E-state index contributed by atoms with van der Waals surface area (Å²) in [6, 6.07) is 5.43. The van der Waals surface area contributed by atoms with Gasteiger partial charge in [0.15, 0.2) is 11.0 Å². The number of aliphatic imine (C=N–C) groups is 1. The second kappa shape index (κ2) is 9.32. The number of nitrogens with one attached hydrogen (secondary N) is 2. The van der Waals surface area contributed by atoms with Crippen molar-refractivity contribution in [3.63, 3.8) is 0 Å². The number of hydrogen-bond donors (Lipinski definition) is 5. The summed E-state index contributed by atoms with van der Waals surface area (Å²) in [6.07, 6.45) is 10.1. The van der Waals surface area contributed by atoms with Crippen LogP contribution in [-0.2, 0) is 0 Å². The van der Waals surface area contributed by atoms with Crippen molar-refractivity contribution in [1.29, 1.82) is 5.41 Å². The third-order valence-electron chi connectivity index (χ3n) is 4.60. The molecule has 0 amide bonds. The molecule has 0 spiro atoms. The summed E-state index contributed by atoms with van der Waals surface area (Å²) in [5.41, 5.74) is 14.1. The van der Waals surface area contributed by atoms with Gasteiger partial charge in [-0.15, -0.1) is 0 Å². The predicted molar refractivity (Wildman–Crippen MR) is 117 cm³/mol. The second-order valence-electron chi connectivity index (χ2n) is 6.61. The maximum absolute atomic E-state index is 7.30. The fourth-order valence-corrected chi connectivity index (χ4v) is 3.93. The van der Waals surface area contributed by atoms with E-state index in [0.717, 1.165) is 29.6 Å². The molecule has 3 rings (SSSR count). The third kappa shape index (κ3) is 5.07. The van der Waals surface area contributed by atoms with Crippen molar-refractivity contribution < 1.29 is 5.41 Å². The van der Waals surface area contributed by atoms with Gasteiger partial charge in [-0.05, 0) is 31.0 Å². The van der Waals surface area contributed by atoms with Crippen molar-refractivity contribution >= 4 is 50.7 Å². The van der Waals surface area contributed by atoms with E-state index < -0.39 is 0 Å². The summed E-state index contributed by atoms with van der Waals surface area (Å²) in [7, 11) is 0. The van der Waals surface area contributed by atoms with Crippen molar-refractivity contribution in [2.24, 2.45) is 22.4 Å². The zero-order valence-electron chi connectivity index (χ0n) is 15.6. The Kier molecular flexibility index (Phi) is 6.59. The molecule has 2 aromatic rings. The third-order valence-corrected chi connectivity index (χ3v) is 5.47. The Bertz CT molecular complexity index is 931. The van der Waals surface area contributed by atoms with Crippen molar-refractivity contribution in [3.05, 3.63) is 36.3 Å². The van der Waals surface area contributed by atoms with Gasteiger partial charge in [-0.25, -0.2) is 9.98 Å². The minimum atomic E-state index is 0.384. The van der Waals surface area contributed by atoms with Crippen molar-refractivity contribution in [2.45, 2.75) is 32.1 Å². The largest absolute Gasteiger partial charge is 0.403 e. The first-order chi connectivity index (χ1) is 13.6.